The lowest BCUT2D eigenvalue weighted by Gasteiger charge is -1.93. The van der Waals surface area contributed by atoms with Crippen LogP contribution in [0.25, 0.3) is 0 Å². The predicted octanol–water partition coefficient (Wildman–Crippen LogP) is 1.15. The summed E-state index contributed by atoms with van der Waals surface area (Å²) >= 11 is 0. The SMILES string of the molecule is CNc1cccnn1.O=C(O)C(F)(F)F. The lowest BCUT2D eigenvalue weighted by atomic mass is 10.5. The topological polar surface area (TPSA) is 75.1 Å². The lowest BCUT2D eigenvalue weighted by molar-refractivity contribution is -0.192. The summed E-state index contributed by atoms with van der Waals surface area (Å²) in [5, 5.41) is 17.4. The van der Waals surface area contributed by atoms with E-state index in [4.69, 9.17) is 9.90 Å². The molecule has 0 fully saturated rings. The smallest absolute Gasteiger partial charge is 0.475 e. The molecule has 0 radical (unpaired) electrons. The lowest BCUT2D eigenvalue weighted by Crippen LogP contribution is -2.21. The molecule has 0 aliphatic carbocycles. The number of carboxylic acids is 1. The van der Waals surface area contributed by atoms with Crippen molar-refractivity contribution in [2.75, 3.05) is 12.4 Å². The number of carboxylic acid groups (broad SMARTS) is 1. The largest absolute Gasteiger partial charge is 0.490 e. The van der Waals surface area contributed by atoms with E-state index in [-0.39, 0.29) is 0 Å². The monoisotopic (exact) mass is 223 g/mol. The molecular formula is C7H8F3N3O2. The number of rotatable bonds is 1. The van der Waals surface area contributed by atoms with Gasteiger partial charge in [0.15, 0.2) is 0 Å². The van der Waals surface area contributed by atoms with Crippen molar-refractivity contribution in [3.05, 3.63) is 18.3 Å². The van der Waals surface area contributed by atoms with E-state index < -0.39 is 12.1 Å². The zero-order valence-electron chi connectivity index (χ0n) is 7.62. The van der Waals surface area contributed by atoms with E-state index >= 15 is 0 Å². The predicted molar refractivity (Wildman–Crippen MR) is 45.3 cm³/mol. The third-order valence-electron chi connectivity index (χ3n) is 1.07. The summed E-state index contributed by atoms with van der Waals surface area (Å²) in [5.74, 6) is -1.96. The van der Waals surface area contributed by atoms with Gasteiger partial charge < -0.3 is 10.4 Å². The van der Waals surface area contributed by atoms with Gasteiger partial charge >= 0.3 is 12.1 Å². The van der Waals surface area contributed by atoms with E-state index in [9.17, 15) is 13.2 Å². The molecule has 0 amide bonds. The van der Waals surface area contributed by atoms with Gasteiger partial charge in [0.25, 0.3) is 0 Å². The highest BCUT2D eigenvalue weighted by Crippen LogP contribution is 2.13. The molecular weight excluding hydrogens is 215 g/mol. The minimum Gasteiger partial charge on any atom is -0.475 e. The summed E-state index contributed by atoms with van der Waals surface area (Å²) in [5.41, 5.74) is 0. The van der Waals surface area contributed by atoms with Gasteiger partial charge in [-0.2, -0.15) is 18.3 Å². The Kier molecular flexibility index (Phi) is 5.07. The molecule has 0 aliphatic heterocycles. The maximum Gasteiger partial charge on any atom is 0.490 e. The molecule has 0 unspecified atom stereocenters. The van der Waals surface area contributed by atoms with E-state index in [0.717, 1.165) is 5.82 Å². The number of hydrogen-bond donors (Lipinski definition) is 2. The number of hydrogen-bond acceptors (Lipinski definition) is 4. The van der Waals surface area contributed by atoms with Crippen molar-refractivity contribution in [3.8, 4) is 0 Å². The number of aliphatic carboxylic acids is 1. The number of aromatic nitrogens is 2. The van der Waals surface area contributed by atoms with Crippen molar-refractivity contribution in [2.24, 2.45) is 0 Å². The van der Waals surface area contributed by atoms with Gasteiger partial charge in [0.05, 0.1) is 0 Å². The number of carbonyl (C=O) groups is 1. The highest BCUT2D eigenvalue weighted by molar-refractivity contribution is 5.73. The van der Waals surface area contributed by atoms with Crippen LogP contribution in [-0.4, -0.2) is 34.5 Å². The van der Waals surface area contributed by atoms with E-state index in [1.165, 1.54) is 0 Å². The second-order valence-electron chi connectivity index (χ2n) is 2.16. The van der Waals surface area contributed by atoms with Crippen LogP contribution in [0.2, 0.25) is 0 Å². The molecule has 84 valence electrons. The highest BCUT2D eigenvalue weighted by Gasteiger charge is 2.38. The molecule has 8 heteroatoms. The zero-order valence-corrected chi connectivity index (χ0v) is 7.62. The van der Waals surface area contributed by atoms with Crippen LogP contribution in [0.15, 0.2) is 18.3 Å². The van der Waals surface area contributed by atoms with E-state index in [1.54, 1.807) is 6.20 Å². The molecule has 0 atom stereocenters. The van der Waals surface area contributed by atoms with Crippen molar-refractivity contribution in [1.82, 2.24) is 10.2 Å². The third-order valence-corrected chi connectivity index (χ3v) is 1.07. The Labute approximate surface area is 82.9 Å². The van der Waals surface area contributed by atoms with E-state index in [0.29, 0.717) is 0 Å². The molecule has 0 saturated heterocycles. The van der Waals surface area contributed by atoms with E-state index in [2.05, 4.69) is 15.5 Å². The molecule has 1 aromatic heterocycles. The first kappa shape index (κ1) is 13.1. The van der Waals surface area contributed by atoms with Gasteiger partial charge in [-0.15, -0.1) is 5.10 Å². The molecule has 1 rings (SSSR count). The van der Waals surface area contributed by atoms with Crippen LogP contribution in [-0.2, 0) is 4.79 Å². The van der Waals surface area contributed by atoms with Gasteiger partial charge in [-0.3, -0.25) is 0 Å². The molecule has 2 N–H and O–H groups in total. The highest BCUT2D eigenvalue weighted by atomic mass is 19.4. The van der Waals surface area contributed by atoms with Crippen LogP contribution in [0, 0.1) is 0 Å². The maximum absolute atomic E-state index is 10.6. The fourth-order valence-corrected chi connectivity index (χ4v) is 0.435. The average molecular weight is 223 g/mol. The maximum atomic E-state index is 10.6. The second kappa shape index (κ2) is 5.78. The van der Waals surface area contributed by atoms with E-state index in [1.807, 2.05) is 19.2 Å². The van der Waals surface area contributed by atoms with Gasteiger partial charge in [0.1, 0.15) is 5.82 Å². The van der Waals surface area contributed by atoms with Crippen LogP contribution in [0.4, 0.5) is 19.0 Å². The number of halogens is 3. The van der Waals surface area contributed by atoms with Gasteiger partial charge in [0, 0.05) is 13.2 Å². The second-order valence-corrected chi connectivity index (χ2v) is 2.16. The van der Waals surface area contributed by atoms with Crippen LogP contribution in [0.1, 0.15) is 0 Å². The zero-order chi connectivity index (χ0) is 11.9. The van der Waals surface area contributed by atoms with Crippen LogP contribution in [0.5, 0.6) is 0 Å². The van der Waals surface area contributed by atoms with Gasteiger partial charge in [0.2, 0.25) is 0 Å². The Morgan fingerprint density at radius 1 is 1.53 bits per heavy atom. The fraction of sp³-hybridized carbons (Fsp3) is 0.286. The molecule has 0 aliphatic rings. The normalized spacial score (nSPS) is 9.87. The Morgan fingerprint density at radius 2 is 2.07 bits per heavy atom. The summed E-state index contributed by atoms with van der Waals surface area (Å²) in [6.45, 7) is 0. The molecule has 0 spiro atoms. The summed E-state index contributed by atoms with van der Waals surface area (Å²) in [4.78, 5) is 8.90. The first-order chi connectivity index (χ1) is 6.88. The van der Waals surface area contributed by atoms with Gasteiger partial charge in [-0.25, -0.2) is 4.79 Å². The van der Waals surface area contributed by atoms with Crippen LogP contribution < -0.4 is 5.32 Å². The standard InChI is InChI=1S/C5H7N3.C2HF3O2/c1-6-5-3-2-4-7-8-5;3-2(4,5)1(6)7/h2-4H,1H3,(H,6,8);(H,6,7). The van der Waals surface area contributed by atoms with Crippen molar-refractivity contribution in [1.29, 1.82) is 0 Å². The third kappa shape index (κ3) is 6.24. The Balaban J connectivity index is 0.000000265. The fourth-order valence-electron chi connectivity index (χ4n) is 0.435. The van der Waals surface area contributed by atoms with Crippen LogP contribution >= 0.6 is 0 Å². The molecule has 0 bridgehead atoms. The average Bonchev–Trinajstić information content (AvgIpc) is 2.18. The molecule has 5 nitrogen and oxygen atoms in total. The number of alkyl halides is 3. The van der Waals surface area contributed by atoms with Crippen molar-refractivity contribution < 1.29 is 23.1 Å². The molecule has 0 aromatic carbocycles. The Hall–Kier alpha value is -1.86. The molecule has 15 heavy (non-hydrogen) atoms. The Morgan fingerprint density at radius 3 is 2.27 bits per heavy atom. The molecule has 1 heterocycles. The summed E-state index contributed by atoms with van der Waals surface area (Å²) < 4.78 is 31.7. The summed E-state index contributed by atoms with van der Waals surface area (Å²) in [7, 11) is 1.81. The summed E-state index contributed by atoms with van der Waals surface area (Å²) in [6, 6.07) is 3.69. The Bertz CT molecular complexity index is 302. The minimum atomic E-state index is -5.08. The molecule has 1 aromatic rings. The first-order valence-corrected chi connectivity index (χ1v) is 3.63. The van der Waals surface area contributed by atoms with Crippen LogP contribution in [0.3, 0.4) is 0 Å². The van der Waals surface area contributed by atoms with Gasteiger partial charge in [-0.1, -0.05) is 0 Å². The summed E-state index contributed by atoms with van der Waals surface area (Å²) in [6.07, 6.45) is -3.44. The number of nitrogens with one attached hydrogen (secondary N) is 1. The minimum absolute atomic E-state index is 0.799. The van der Waals surface area contributed by atoms with Gasteiger partial charge in [-0.05, 0) is 12.1 Å². The molecule has 0 saturated carbocycles. The van der Waals surface area contributed by atoms with Crippen molar-refractivity contribution in [3.63, 3.8) is 0 Å². The first-order valence-electron chi connectivity index (χ1n) is 3.63. The van der Waals surface area contributed by atoms with Crippen molar-refractivity contribution >= 4 is 11.8 Å². The number of anilines is 1. The van der Waals surface area contributed by atoms with Crippen molar-refractivity contribution in [2.45, 2.75) is 6.18 Å². The quantitative estimate of drug-likeness (QED) is 0.746. The number of nitrogens with zero attached hydrogens (tertiary/aromatic N) is 2.